The van der Waals surface area contributed by atoms with Crippen molar-refractivity contribution in [3.05, 3.63) is 79.7 Å². The number of hydrogen-bond donors (Lipinski definition) is 2. The molecule has 0 aliphatic carbocycles. The molecule has 0 aliphatic heterocycles. The van der Waals surface area contributed by atoms with E-state index in [0.717, 1.165) is 48.1 Å². The van der Waals surface area contributed by atoms with Gasteiger partial charge in [-0.15, -0.1) is 0 Å². The fourth-order valence-electron chi connectivity index (χ4n) is 4.04. The molecule has 0 bridgehead atoms. The van der Waals surface area contributed by atoms with Crippen LogP contribution in [-0.4, -0.2) is 29.6 Å². The van der Waals surface area contributed by atoms with Crippen LogP contribution in [0.3, 0.4) is 0 Å². The molecule has 0 saturated heterocycles. The maximum absolute atomic E-state index is 12.6. The minimum Gasteiger partial charge on any atom is -0.493 e. The van der Waals surface area contributed by atoms with Crippen LogP contribution >= 0.6 is 22.6 Å². The molecule has 0 atom stereocenters. The fraction of sp³-hybridized carbons (Fsp3) is 0.207. The summed E-state index contributed by atoms with van der Waals surface area (Å²) < 4.78 is 12.4. The van der Waals surface area contributed by atoms with Crippen LogP contribution in [0.15, 0.2) is 42.5 Å². The third-order valence-corrected chi connectivity index (χ3v) is 6.72. The Morgan fingerprint density at radius 3 is 2.43 bits per heavy atom. The van der Waals surface area contributed by atoms with Crippen LogP contribution in [0, 0.1) is 42.6 Å². The van der Waals surface area contributed by atoms with Crippen LogP contribution < -0.4 is 14.8 Å². The molecule has 1 amide bonds. The van der Waals surface area contributed by atoms with Gasteiger partial charge in [-0.25, -0.2) is 4.98 Å². The van der Waals surface area contributed by atoms with E-state index in [1.807, 2.05) is 52.0 Å². The highest BCUT2D eigenvalue weighted by molar-refractivity contribution is 14.1. The lowest BCUT2D eigenvalue weighted by Gasteiger charge is -2.14. The van der Waals surface area contributed by atoms with E-state index in [4.69, 9.17) is 9.47 Å². The molecule has 7 nitrogen and oxygen atoms in total. The number of nitrogens with one attached hydrogen (secondary N) is 2. The van der Waals surface area contributed by atoms with Gasteiger partial charge in [0.1, 0.15) is 11.9 Å². The lowest BCUT2D eigenvalue weighted by atomic mass is 10.1. The second-order valence-electron chi connectivity index (χ2n) is 8.87. The lowest BCUT2D eigenvalue weighted by molar-refractivity contribution is -0.118. The zero-order chi connectivity index (χ0) is 26.7. The standard InChI is InChI=1S/C29H27IN4O3/c1-16-10-23-24(11-17(16)2)33-29(32-23)21(14-31)12-20-6-7-25(26(13-20)36-5)37-15-27(35)34-28-18(3)8-22(30)9-19(28)4/h6-13H,15H2,1-5H3,(H,32,33)(H,34,35)/b21-12+. The predicted molar refractivity (Wildman–Crippen MR) is 155 cm³/mol. The number of imidazole rings is 1. The maximum atomic E-state index is 12.6. The Morgan fingerprint density at radius 2 is 1.76 bits per heavy atom. The minimum absolute atomic E-state index is 0.169. The number of ether oxygens (including phenoxy) is 2. The third kappa shape index (κ3) is 5.94. The normalized spacial score (nSPS) is 11.3. The number of aromatic nitrogens is 2. The van der Waals surface area contributed by atoms with E-state index in [2.05, 4.69) is 43.9 Å². The number of benzene rings is 3. The molecule has 4 aromatic rings. The molecule has 37 heavy (non-hydrogen) atoms. The molecule has 0 aliphatic rings. The monoisotopic (exact) mass is 606 g/mol. The van der Waals surface area contributed by atoms with Gasteiger partial charge in [0.2, 0.25) is 0 Å². The molecule has 0 radical (unpaired) electrons. The van der Waals surface area contributed by atoms with Gasteiger partial charge < -0.3 is 19.8 Å². The van der Waals surface area contributed by atoms with Gasteiger partial charge in [-0.05, 0) is 121 Å². The number of allylic oxidation sites excluding steroid dienone is 1. The van der Waals surface area contributed by atoms with Gasteiger partial charge in [0.05, 0.1) is 23.7 Å². The molecular formula is C29H27IN4O3. The SMILES string of the molecule is COc1cc(/C=C(\C#N)c2nc3cc(C)c(C)cc3[nH]2)ccc1OCC(=O)Nc1c(C)cc(I)cc1C. The predicted octanol–water partition coefficient (Wildman–Crippen LogP) is 6.49. The van der Waals surface area contributed by atoms with E-state index < -0.39 is 0 Å². The molecule has 1 heterocycles. The molecule has 4 rings (SSSR count). The number of anilines is 1. The Morgan fingerprint density at radius 1 is 1.05 bits per heavy atom. The van der Waals surface area contributed by atoms with E-state index in [-0.39, 0.29) is 12.5 Å². The summed E-state index contributed by atoms with van der Waals surface area (Å²) in [5.74, 6) is 1.12. The van der Waals surface area contributed by atoms with Crippen LogP contribution in [0.1, 0.15) is 33.6 Å². The molecule has 3 aromatic carbocycles. The smallest absolute Gasteiger partial charge is 0.262 e. The first-order chi connectivity index (χ1) is 17.7. The van der Waals surface area contributed by atoms with Crippen molar-refractivity contribution in [2.24, 2.45) is 0 Å². The number of methoxy groups -OCH3 is 1. The number of rotatable bonds is 7. The molecule has 188 valence electrons. The Kier molecular flexibility index (Phi) is 7.83. The van der Waals surface area contributed by atoms with Crippen LogP contribution in [0.2, 0.25) is 0 Å². The molecule has 0 fully saturated rings. The Hall–Kier alpha value is -3.84. The van der Waals surface area contributed by atoms with Crippen molar-refractivity contribution in [1.82, 2.24) is 9.97 Å². The number of aromatic amines is 1. The van der Waals surface area contributed by atoms with Crippen molar-refractivity contribution >= 4 is 56.9 Å². The quantitative estimate of drug-likeness (QED) is 0.185. The Bertz CT molecular complexity index is 1520. The molecule has 1 aromatic heterocycles. The number of amides is 1. The molecule has 0 saturated carbocycles. The summed E-state index contributed by atoms with van der Waals surface area (Å²) in [6.45, 7) is 7.83. The van der Waals surface area contributed by atoms with E-state index in [1.165, 1.54) is 7.11 Å². The minimum atomic E-state index is -0.263. The number of hydrogen-bond acceptors (Lipinski definition) is 5. The highest BCUT2D eigenvalue weighted by atomic mass is 127. The summed E-state index contributed by atoms with van der Waals surface area (Å²) in [5, 5.41) is 12.7. The molecule has 0 unspecified atom stereocenters. The zero-order valence-electron chi connectivity index (χ0n) is 21.3. The van der Waals surface area contributed by atoms with E-state index in [1.54, 1.807) is 24.3 Å². The number of carbonyl (C=O) groups excluding carboxylic acids is 1. The van der Waals surface area contributed by atoms with Gasteiger partial charge in [-0.1, -0.05) is 6.07 Å². The summed E-state index contributed by atoms with van der Waals surface area (Å²) >= 11 is 2.26. The number of nitriles is 1. The number of fused-ring (bicyclic) bond motifs is 1. The summed E-state index contributed by atoms with van der Waals surface area (Å²) in [4.78, 5) is 20.4. The lowest BCUT2D eigenvalue weighted by Crippen LogP contribution is -2.21. The summed E-state index contributed by atoms with van der Waals surface area (Å²) in [5.41, 5.74) is 7.91. The summed E-state index contributed by atoms with van der Waals surface area (Å²) in [6, 6.07) is 15.6. The molecule has 0 spiro atoms. The van der Waals surface area contributed by atoms with Crippen molar-refractivity contribution < 1.29 is 14.3 Å². The largest absolute Gasteiger partial charge is 0.493 e. The van der Waals surface area contributed by atoms with Gasteiger partial charge in [0.15, 0.2) is 18.1 Å². The summed E-state index contributed by atoms with van der Waals surface area (Å²) in [7, 11) is 1.53. The van der Waals surface area contributed by atoms with Crippen LogP contribution in [0.4, 0.5) is 5.69 Å². The maximum Gasteiger partial charge on any atom is 0.262 e. The molecule has 2 N–H and O–H groups in total. The third-order valence-electron chi connectivity index (χ3n) is 6.09. The first-order valence-electron chi connectivity index (χ1n) is 11.6. The Balaban J connectivity index is 1.51. The first kappa shape index (κ1) is 26.2. The second kappa shape index (κ2) is 11.0. The average molecular weight is 606 g/mol. The Labute approximate surface area is 229 Å². The van der Waals surface area contributed by atoms with Crippen molar-refractivity contribution in [3.8, 4) is 17.6 Å². The fourth-order valence-corrected chi connectivity index (χ4v) is 4.97. The van der Waals surface area contributed by atoms with Gasteiger partial charge >= 0.3 is 0 Å². The van der Waals surface area contributed by atoms with Gasteiger partial charge in [0.25, 0.3) is 5.91 Å². The van der Waals surface area contributed by atoms with Gasteiger partial charge in [0, 0.05) is 9.26 Å². The summed E-state index contributed by atoms with van der Waals surface area (Å²) in [6.07, 6.45) is 1.73. The van der Waals surface area contributed by atoms with Crippen LogP contribution in [0.5, 0.6) is 11.5 Å². The highest BCUT2D eigenvalue weighted by Gasteiger charge is 2.13. The number of H-pyrrole nitrogens is 1. The topological polar surface area (TPSA) is 100 Å². The number of halogens is 1. The van der Waals surface area contributed by atoms with Crippen molar-refractivity contribution in [2.75, 3.05) is 19.0 Å². The first-order valence-corrected chi connectivity index (χ1v) is 12.7. The van der Waals surface area contributed by atoms with E-state index in [0.29, 0.717) is 22.9 Å². The van der Waals surface area contributed by atoms with Crippen molar-refractivity contribution in [3.63, 3.8) is 0 Å². The second-order valence-corrected chi connectivity index (χ2v) is 10.1. The average Bonchev–Trinajstić information content (AvgIpc) is 3.26. The van der Waals surface area contributed by atoms with Crippen LogP contribution in [-0.2, 0) is 4.79 Å². The van der Waals surface area contributed by atoms with E-state index in [9.17, 15) is 10.1 Å². The zero-order valence-corrected chi connectivity index (χ0v) is 23.5. The van der Waals surface area contributed by atoms with Crippen molar-refractivity contribution in [1.29, 1.82) is 5.26 Å². The highest BCUT2D eigenvalue weighted by Crippen LogP contribution is 2.30. The van der Waals surface area contributed by atoms with Gasteiger partial charge in [-0.2, -0.15) is 5.26 Å². The van der Waals surface area contributed by atoms with Gasteiger partial charge in [-0.3, -0.25) is 4.79 Å². The number of carbonyl (C=O) groups is 1. The molecule has 8 heteroatoms. The number of aryl methyl sites for hydroxylation is 4. The van der Waals surface area contributed by atoms with Crippen molar-refractivity contribution in [2.45, 2.75) is 27.7 Å². The van der Waals surface area contributed by atoms with E-state index >= 15 is 0 Å². The number of nitrogens with zero attached hydrogens (tertiary/aromatic N) is 2. The van der Waals surface area contributed by atoms with Crippen LogP contribution in [0.25, 0.3) is 22.7 Å². The molecular weight excluding hydrogens is 579 g/mol.